The molecule has 1 amide bonds. The fraction of sp³-hybridized carbons (Fsp3) is 0.500. The highest BCUT2D eigenvalue weighted by Gasteiger charge is 2.17. The van der Waals surface area contributed by atoms with E-state index in [2.05, 4.69) is 5.32 Å². The summed E-state index contributed by atoms with van der Waals surface area (Å²) in [6, 6.07) is 2.73. The van der Waals surface area contributed by atoms with Crippen LogP contribution in [0.15, 0.2) is 12.1 Å². The highest BCUT2D eigenvalue weighted by Crippen LogP contribution is 2.33. The van der Waals surface area contributed by atoms with Gasteiger partial charge in [0.1, 0.15) is 23.3 Å². The van der Waals surface area contributed by atoms with Gasteiger partial charge in [-0.25, -0.2) is 0 Å². The third-order valence-electron chi connectivity index (χ3n) is 2.94. The van der Waals surface area contributed by atoms with E-state index in [1.54, 1.807) is 19.2 Å². The number of nitrogens with one attached hydrogen (secondary N) is 1. The van der Waals surface area contributed by atoms with Crippen LogP contribution in [0.1, 0.15) is 5.56 Å². The number of carbonyl (C=O) groups excluding carboxylic acids is 1. The van der Waals surface area contributed by atoms with E-state index in [1.807, 2.05) is 0 Å². The van der Waals surface area contributed by atoms with Crippen LogP contribution in [0.25, 0.3) is 0 Å². The van der Waals surface area contributed by atoms with E-state index in [4.69, 9.17) is 24.7 Å². The highest BCUT2D eigenvalue weighted by molar-refractivity contribution is 5.85. The van der Waals surface area contributed by atoms with Gasteiger partial charge in [0.15, 0.2) is 0 Å². The van der Waals surface area contributed by atoms with E-state index >= 15 is 0 Å². The summed E-state index contributed by atoms with van der Waals surface area (Å²) < 4.78 is 20.6. The molecule has 0 radical (unpaired) electrons. The highest BCUT2D eigenvalue weighted by atomic mass is 35.5. The van der Waals surface area contributed by atoms with Crippen molar-refractivity contribution in [2.75, 3.05) is 35.0 Å². The summed E-state index contributed by atoms with van der Waals surface area (Å²) >= 11 is 0. The predicted octanol–water partition coefficient (Wildman–Crippen LogP) is 0.724. The molecule has 22 heavy (non-hydrogen) atoms. The first-order valence-corrected chi connectivity index (χ1v) is 6.38. The van der Waals surface area contributed by atoms with Crippen LogP contribution in [0.2, 0.25) is 0 Å². The SMILES string of the molecule is COCC(N)C(=O)NCc1c(OC)cc(OC)cc1OC.Cl. The van der Waals surface area contributed by atoms with Gasteiger partial charge in [0.2, 0.25) is 5.91 Å². The summed E-state index contributed by atoms with van der Waals surface area (Å²) in [4.78, 5) is 11.8. The predicted molar refractivity (Wildman–Crippen MR) is 85.0 cm³/mol. The molecule has 1 aromatic rings. The molecule has 0 aliphatic rings. The Kier molecular flexibility index (Phi) is 9.32. The molecule has 0 spiro atoms. The largest absolute Gasteiger partial charge is 0.496 e. The van der Waals surface area contributed by atoms with Crippen molar-refractivity contribution in [2.24, 2.45) is 5.73 Å². The normalized spacial score (nSPS) is 11.1. The van der Waals surface area contributed by atoms with Crippen LogP contribution in [0.4, 0.5) is 0 Å². The second-order valence-corrected chi connectivity index (χ2v) is 4.29. The Balaban J connectivity index is 0.00000441. The average Bonchev–Trinajstić information content (AvgIpc) is 2.51. The monoisotopic (exact) mass is 334 g/mol. The molecular weight excluding hydrogens is 312 g/mol. The maximum absolute atomic E-state index is 11.8. The van der Waals surface area contributed by atoms with Crippen LogP contribution in [0.5, 0.6) is 17.2 Å². The molecule has 1 atom stereocenters. The Labute approximate surface area is 136 Å². The summed E-state index contributed by atoms with van der Waals surface area (Å²) in [5.74, 6) is 1.42. The number of rotatable bonds is 8. The minimum atomic E-state index is -0.717. The van der Waals surface area contributed by atoms with Gasteiger partial charge in [0.05, 0.1) is 40.0 Å². The van der Waals surface area contributed by atoms with E-state index in [9.17, 15) is 4.79 Å². The van der Waals surface area contributed by atoms with Crippen molar-refractivity contribution in [1.29, 1.82) is 0 Å². The molecule has 8 heteroatoms. The minimum Gasteiger partial charge on any atom is -0.496 e. The van der Waals surface area contributed by atoms with Gasteiger partial charge >= 0.3 is 0 Å². The third kappa shape index (κ3) is 5.25. The lowest BCUT2D eigenvalue weighted by Gasteiger charge is -2.17. The van der Waals surface area contributed by atoms with Crippen molar-refractivity contribution in [3.05, 3.63) is 17.7 Å². The summed E-state index contributed by atoms with van der Waals surface area (Å²) in [5.41, 5.74) is 6.37. The molecule has 0 aliphatic heterocycles. The molecule has 0 fully saturated rings. The van der Waals surface area contributed by atoms with E-state index < -0.39 is 6.04 Å². The first-order valence-electron chi connectivity index (χ1n) is 6.38. The van der Waals surface area contributed by atoms with Crippen molar-refractivity contribution < 1.29 is 23.7 Å². The molecular formula is C14H23ClN2O5. The zero-order chi connectivity index (χ0) is 15.8. The van der Waals surface area contributed by atoms with Gasteiger partial charge in [-0.3, -0.25) is 4.79 Å². The van der Waals surface area contributed by atoms with Crippen LogP contribution in [0.3, 0.4) is 0 Å². The van der Waals surface area contributed by atoms with Crippen molar-refractivity contribution in [3.63, 3.8) is 0 Å². The van der Waals surface area contributed by atoms with Gasteiger partial charge in [-0.2, -0.15) is 0 Å². The molecule has 0 aliphatic carbocycles. The number of amides is 1. The number of ether oxygens (including phenoxy) is 4. The first-order chi connectivity index (χ1) is 10.1. The van der Waals surface area contributed by atoms with Crippen molar-refractivity contribution in [1.82, 2.24) is 5.32 Å². The lowest BCUT2D eigenvalue weighted by atomic mass is 10.1. The molecule has 0 saturated carbocycles. The maximum atomic E-state index is 11.8. The summed E-state index contributed by atoms with van der Waals surface area (Å²) in [6.45, 7) is 0.384. The fourth-order valence-corrected chi connectivity index (χ4v) is 1.81. The van der Waals surface area contributed by atoms with Gasteiger partial charge in [0.25, 0.3) is 0 Å². The molecule has 7 nitrogen and oxygen atoms in total. The van der Waals surface area contributed by atoms with Crippen LogP contribution >= 0.6 is 12.4 Å². The molecule has 0 bridgehead atoms. The molecule has 0 aromatic heterocycles. The number of carbonyl (C=O) groups is 1. The zero-order valence-corrected chi connectivity index (χ0v) is 14.0. The van der Waals surface area contributed by atoms with E-state index in [0.717, 1.165) is 0 Å². The van der Waals surface area contributed by atoms with Crippen LogP contribution in [-0.2, 0) is 16.1 Å². The number of methoxy groups -OCH3 is 4. The Bertz CT molecular complexity index is 459. The van der Waals surface area contributed by atoms with E-state index in [-0.39, 0.29) is 31.5 Å². The molecule has 0 saturated heterocycles. The molecule has 0 heterocycles. The van der Waals surface area contributed by atoms with Gasteiger partial charge in [0, 0.05) is 19.2 Å². The Hall–Kier alpha value is -1.70. The Morgan fingerprint density at radius 1 is 1.14 bits per heavy atom. The molecule has 3 N–H and O–H groups in total. The lowest BCUT2D eigenvalue weighted by molar-refractivity contribution is -0.123. The fourth-order valence-electron chi connectivity index (χ4n) is 1.81. The summed E-state index contributed by atoms with van der Waals surface area (Å²) in [5, 5.41) is 2.73. The van der Waals surface area contributed by atoms with Crippen molar-refractivity contribution >= 4 is 18.3 Å². The lowest BCUT2D eigenvalue weighted by Crippen LogP contribution is -2.43. The maximum Gasteiger partial charge on any atom is 0.239 e. The van der Waals surface area contributed by atoms with Gasteiger partial charge in [-0.15, -0.1) is 12.4 Å². The average molecular weight is 335 g/mol. The number of benzene rings is 1. The number of hydrogen-bond donors (Lipinski definition) is 2. The van der Waals surface area contributed by atoms with Crippen molar-refractivity contribution in [2.45, 2.75) is 12.6 Å². The minimum absolute atomic E-state index is 0. The van der Waals surface area contributed by atoms with Crippen LogP contribution in [-0.4, -0.2) is 47.0 Å². The topological polar surface area (TPSA) is 92.0 Å². The Morgan fingerprint density at radius 2 is 1.68 bits per heavy atom. The van der Waals surface area contributed by atoms with E-state index in [1.165, 1.54) is 21.3 Å². The number of nitrogens with two attached hydrogens (primary N) is 1. The quantitative estimate of drug-likeness (QED) is 0.728. The van der Waals surface area contributed by atoms with Gasteiger partial charge < -0.3 is 30.0 Å². The summed E-state index contributed by atoms with van der Waals surface area (Å²) in [7, 11) is 6.12. The second-order valence-electron chi connectivity index (χ2n) is 4.29. The van der Waals surface area contributed by atoms with Crippen LogP contribution < -0.4 is 25.3 Å². The molecule has 126 valence electrons. The van der Waals surface area contributed by atoms with Crippen molar-refractivity contribution in [3.8, 4) is 17.2 Å². The first kappa shape index (κ1) is 20.3. The second kappa shape index (κ2) is 10.1. The Morgan fingerprint density at radius 3 is 2.09 bits per heavy atom. The molecule has 1 unspecified atom stereocenters. The van der Waals surface area contributed by atoms with Gasteiger partial charge in [-0.1, -0.05) is 0 Å². The van der Waals surface area contributed by atoms with Gasteiger partial charge in [-0.05, 0) is 0 Å². The smallest absolute Gasteiger partial charge is 0.239 e. The number of halogens is 1. The number of hydrogen-bond acceptors (Lipinski definition) is 6. The molecule has 1 aromatic carbocycles. The van der Waals surface area contributed by atoms with Crippen LogP contribution in [0, 0.1) is 0 Å². The standard InChI is InChI=1S/C14H22N2O5.ClH/c1-18-8-11(15)14(17)16-7-10-12(20-3)5-9(19-2)6-13(10)21-4;/h5-6,11H,7-8,15H2,1-4H3,(H,16,17);1H. The van der Waals surface area contributed by atoms with E-state index in [0.29, 0.717) is 22.8 Å². The third-order valence-corrected chi connectivity index (χ3v) is 2.94. The molecule has 1 rings (SSSR count). The summed E-state index contributed by atoms with van der Waals surface area (Å²) in [6.07, 6.45) is 0. The zero-order valence-electron chi connectivity index (χ0n) is 13.2.